The van der Waals surface area contributed by atoms with Crippen molar-refractivity contribution in [1.29, 1.82) is 0 Å². The van der Waals surface area contributed by atoms with Gasteiger partial charge in [0.15, 0.2) is 4.77 Å². The maximum absolute atomic E-state index is 5.77. The van der Waals surface area contributed by atoms with Gasteiger partial charge in [0, 0.05) is 11.1 Å². The Bertz CT molecular complexity index is 758. The molecule has 0 fully saturated rings. The smallest absolute Gasteiger partial charge is 0.178 e. The topological polar surface area (TPSA) is 42.8 Å². The standard InChI is InChI=1S/C14H15N3OS2/c1-2-6-18-12-5-3-4-11-13(12)16-14(19)17(11)8-10-7-15-9-20-10/h3-5,7,9H,2,6,8H2,1H3,(H,16,19). The second-order valence-corrected chi connectivity index (χ2v) is 5.84. The molecule has 6 heteroatoms. The molecule has 2 heterocycles. The van der Waals surface area contributed by atoms with Crippen molar-refractivity contribution in [3.05, 3.63) is 39.6 Å². The second-order valence-electron chi connectivity index (χ2n) is 4.48. The average molecular weight is 305 g/mol. The van der Waals surface area contributed by atoms with Crippen molar-refractivity contribution in [2.24, 2.45) is 0 Å². The van der Waals surface area contributed by atoms with Crippen LogP contribution in [-0.2, 0) is 6.54 Å². The molecule has 2 aromatic heterocycles. The number of benzene rings is 1. The zero-order chi connectivity index (χ0) is 13.9. The quantitative estimate of drug-likeness (QED) is 0.725. The molecule has 1 aromatic carbocycles. The summed E-state index contributed by atoms with van der Waals surface area (Å²) < 4.78 is 8.56. The maximum Gasteiger partial charge on any atom is 0.178 e. The first-order chi connectivity index (χ1) is 9.79. The molecule has 0 unspecified atom stereocenters. The Kier molecular flexibility index (Phi) is 3.84. The zero-order valence-electron chi connectivity index (χ0n) is 11.1. The van der Waals surface area contributed by atoms with Gasteiger partial charge >= 0.3 is 0 Å². The highest BCUT2D eigenvalue weighted by molar-refractivity contribution is 7.71. The van der Waals surface area contributed by atoms with Gasteiger partial charge in [-0.2, -0.15) is 0 Å². The first kappa shape index (κ1) is 13.3. The Morgan fingerprint density at radius 1 is 1.45 bits per heavy atom. The third-order valence-corrected chi connectivity index (χ3v) is 4.12. The highest BCUT2D eigenvalue weighted by atomic mass is 32.1. The van der Waals surface area contributed by atoms with Gasteiger partial charge in [-0.3, -0.25) is 4.98 Å². The lowest BCUT2D eigenvalue weighted by Crippen LogP contribution is -1.98. The molecule has 0 saturated heterocycles. The van der Waals surface area contributed by atoms with E-state index >= 15 is 0 Å². The number of fused-ring (bicyclic) bond motifs is 1. The minimum absolute atomic E-state index is 0.708. The first-order valence-corrected chi connectivity index (χ1v) is 7.80. The Hall–Kier alpha value is -1.66. The SMILES string of the molecule is CCCOc1cccc2c1[nH]c(=S)n2Cc1cncs1. The van der Waals surface area contributed by atoms with Crippen molar-refractivity contribution in [1.82, 2.24) is 14.5 Å². The van der Waals surface area contributed by atoms with E-state index in [2.05, 4.69) is 27.5 Å². The van der Waals surface area contributed by atoms with Crippen LogP contribution in [0.5, 0.6) is 5.75 Å². The Labute approximate surface area is 126 Å². The van der Waals surface area contributed by atoms with E-state index in [0.717, 1.165) is 29.7 Å². The molecule has 1 N–H and O–H groups in total. The van der Waals surface area contributed by atoms with E-state index in [1.54, 1.807) is 11.3 Å². The molecule has 4 nitrogen and oxygen atoms in total. The molecule has 0 amide bonds. The van der Waals surface area contributed by atoms with E-state index in [4.69, 9.17) is 17.0 Å². The molecule has 0 atom stereocenters. The first-order valence-electron chi connectivity index (χ1n) is 6.51. The van der Waals surface area contributed by atoms with E-state index < -0.39 is 0 Å². The van der Waals surface area contributed by atoms with Crippen LogP contribution in [0.4, 0.5) is 0 Å². The number of rotatable bonds is 5. The minimum Gasteiger partial charge on any atom is -0.491 e. The summed E-state index contributed by atoms with van der Waals surface area (Å²) in [5.41, 5.74) is 3.87. The van der Waals surface area contributed by atoms with Gasteiger partial charge in [-0.15, -0.1) is 11.3 Å². The van der Waals surface area contributed by atoms with Crippen molar-refractivity contribution in [3.63, 3.8) is 0 Å². The van der Waals surface area contributed by atoms with Crippen LogP contribution in [0.15, 0.2) is 29.9 Å². The van der Waals surface area contributed by atoms with Crippen LogP contribution < -0.4 is 4.74 Å². The largest absolute Gasteiger partial charge is 0.491 e. The summed E-state index contributed by atoms with van der Waals surface area (Å²) in [7, 11) is 0. The number of imidazole rings is 1. The summed E-state index contributed by atoms with van der Waals surface area (Å²) in [5.74, 6) is 0.860. The second kappa shape index (κ2) is 5.76. The van der Waals surface area contributed by atoms with Crippen molar-refractivity contribution in [3.8, 4) is 5.75 Å². The van der Waals surface area contributed by atoms with Gasteiger partial charge in [0.1, 0.15) is 11.3 Å². The van der Waals surface area contributed by atoms with Gasteiger partial charge in [-0.1, -0.05) is 13.0 Å². The van der Waals surface area contributed by atoms with Gasteiger partial charge in [0.2, 0.25) is 0 Å². The molecule has 0 spiro atoms. The molecule has 0 radical (unpaired) electrons. The Balaban J connectivity index is 2.05. The molecule has 0 saturated carbocycles. The van der Waals surface area contributed by atoms with Gasteiger partial charge in [-0.05, 0) is 30.8 Å². The molecular formula is C14H15N3OS2. The predicted molar refractivity (Wildman–Crippen MR) is 84.1 cm³/mol. The molecular weight excluding hydrogens is 290 g/mol. The van der Waals surface area contributed by atoms with Crippen molar-refractivity contribution < 1.29 is 4.74 Å². The van der Waals surface area contributed by atoms with Gasteiger partial charge in [-0.25, -0.2) is 0 Å². The van der Waals surface area contributed by atoms with E-state index in [1.807, 2.05) is 23.8 Å². The highest BCUT2D eigenvalue weighted by Gasteiger charge is 2.10. The normalized spacial score (nSPS) is 11.1. The van der Waals surface area contributed by atoms with Crippen LogP contribution in [0.1, 0.15) is 18.2 Å². The van der Waals surface area contributed by atoms with Gasteiger partial charge in [0.25, 0.3) is 0 Å². The predicted octanol–water partition coefficient (Wildman–Crippen LogP) is 3.99. The molecule has 3 rings (SSSR count). The highest BCUT2D eigenvalue weighted by Crippen LogP contribution is 2.26. The van der Waals surface area contributed by atoms with E-state index in [9.17, 15) is 0 Å². The molecule has 104 valence electrons. The summed E-state index contributed by atoms with van der Waals surface area (Å²) in [5, 5.41) is 0. The van der Waals surface area contributed by atoms with Crippen LogP contribution in [0.25, 0.3) is 11.0 Å². The summed E-state index contributed by atoms with van der Waals surface area (Å²) in [6.45, 7) is 3.54. The molecule has 0 bridgehead atoms. The molecule has 20 heavy (non-hydrogen) atoms. The third-order valence-electron chi connectivity index (χ3n) is 3.03. The lowest BCUT2D eigenvalue weighted by atomic mass is 10.3. The van der Waals surface area contributed by atoms with Crippen LogP contribution in [-0.4, -0.2) is 21.1 Å². The molecule has 0 aliphatic rings. The number of H-pyrrole nitrogens is 1. The fourth-order valence-corrected chi connectivity index (χ4v) is 2.97. The van der Waals surface area contributed by atoms with Gasteiger partial charge < -0.3 is 14.3 Å². The lowest BCUT2D eigenvalue weighted by Gasteiger charge is -2.06. The Morgan fingerprint density at radius 3 is 3.10 bits per heavy atom. The number of aromatic nitrogens is 3. The lowest BCUT2D eigenvalue weighted by molar-refractivity contribution is 0.320. The number of aromatic amines is 1. The number of nitrogens with one attached hydrogen (secondary N) is 1. The number of hydrogen-bond donors (Lipinski definition) is 1. The summed E-state index contributed by atoms with van der Waals surface area (Å²) in [6.07, 6.45) is 2.86. The van der Waals surface area contributed by atoms with Crippen LogP contribution in [0, 0.1) is 4.77 Å². The summed E-state index contributed by atoms with van der Waals surface area (Å²) in [6, 6.07) is 6.03. The zero-order valence-corrected chi connectivity index (χ0v) is 12.8. The summed E-state index contributed by atoms with van der Waals surface area (Å²) >= 11 is 7.07. The third kappa shape index (κ3) is 2.48. The monoisotopic (exact) mass is 305 g/mol. The average Bonchev–Trinajstić information content (AvgIpc) is 3.06. The number of thiazole rings is 1. The fourth-order valence-electron chi connectivity index (χ4n) is 2.12. The van der Waals surface area contributed by atoms with E-state index in [1.165, 1.54) is 4.88 Å². The summed E-state index contributed by atoms with van der Waals surface area (Å²) in [4.78, 5) is 8.54. The number of hydrogen-bond acceptors (Lipinski definition) is 4. The van der Waals surface area contributed by atoms with Crippen LogP contribution in [0.3, 0.4) is 0 Å². The van der Waals surface area contributed by atoms with E-state index in [0.29, 0.717) is 11.4 Å². The molecule has 0 aliphatic heterocycles. The number of para-hydroxylation sites is 1. The van der Waals surface area contributed by atoms with Crippen molar-refractivity contribution in [2.45, 2.75) is 19.9 Å². The van der Waals surface area contributed by atoms with Crippen molar-refractivity contribution in [2.75, 3.05) is 6.61 Å². The van der Waals surface area contributed by atoms with Crippen LogP contribution in [0.2, 0.25) is 0 Å². The molecule has 3 aromatic rings. The number of nitrogens with zero attached hydrogens (tertiary/aromatic N) is 2. The van der Waals surface area contributed by atoms with Gasteiger partial charge in [0.05, 0.1) is 24.2 Å². The number of ether oxygens (including phenoxy) is 1. The maximum atomic E-state index is 5.77. The minimum atomic E-state index is 0.708. The van der Waals surface area contributed by atoms with E-state index in [-0.39, 0.29) is 0 Å². The van der Waals surface area contributed by atoms with Crippen LogP contribution >= 0.6 is 23.6 Å². The fraction of sp³-hybridized carbons (Fsp3) is 0.286. The Morgan fingerprint density at radius 2 is 2.35 bits per heavy atom. The molecule has 0 aliphatic carbocycles. The van der Waals surface area contributed by atoms with Crippen molar-refractivity contribution >= 4 is 34.6 Å².